The molecule has 8 atom stereocenters. The van der Waals surface area contributed by atoms with Gasteiger partial charge in [-0.1, -0.05) is 121 Å². The van der Waals surface area contributed by atoms with E-state index in [-0.39, 0.29) is 25.4 Å². The highest BCUT2D eigenvalue weighted by molar-refractivity contribution is 6.00. The molecule has 0 amide bonds. The van der Waals surface area contributed by atoms with Crippen molar-refractivity contribution in [2.45, 2.75) is 257 Å². The van der Waals surface area contributed by atoms with E-state index in [0.717, 1.165) is 31.2 Å². The van der Waals surface area contributed by atoms with Gasteiger partial charge in [0.2, 0.25) is 23.1 Å². The van der Waals surface area contributed by atoms with Crippen molar-refractivity contribution in [2.75, 3.05) is 13.7 Å². The highest BCUT2D eigenvalue weighted by Gasteiger charge is 2.87. The maximum Gasteiger partial charge on any atom is 0.346 e. The first-order valence-electron chi connectivity index (χ1n) is 25.5. The van der Waals surface area contributed by atoms with Crippen molar-refractivity contribution in [1.29, 1.82) is 0 Å². The molecule has 14 heteroatoms. The molecule has 69 heavy (non-hydrogen) atoms. The molecule has 0 spiro atoms. The zero-order valence-corrected chi connectivity index (χ0v) is 45.0. The van der Waals surface area contributed by atoms with Gasteiger partial charge in [-0.3, -0.25) is 4.79 Å². The fraction of sp³-hybridized carbons (Fsp3) is 0.782. The Morgan fingerprint density at radius 2 is 1.26 bits per heavy atom. The largest absolute Gasteiger partial charge is 0.458 e. The third-order valence-electron chi connectivity index (χ3n) is 12.4. The van der Waals surface area contributed by atoms with Crippen LogP contribution in [0.5, 0.6) is 0 Å². The molecular formula is C55H90O14. The summed E-state index contributed by atoms with van der Waals surface area (Å²) in [6, 6.07) is 9.74. The van der Waals surface area contributed by atoms with Crippen LogP contribution in [-0.4, -0.2) is 107 Å². The molecule has 2 bridgehead atoms. The Labute approximate surface area is 414 Å². The highest BCUT2D eigenvalue weighted by atomic mass is 16.8. The van der Waals surface area contributed by atoms with Gasteiger partial charge < -0.3 is 47.7 Å². The minimum absolute atomic E-state index is 0.0122. The fourth-order valence-corrected chi connectivity index (χ4v) is 9.09. The van der Waals surface area contributed by atoms with Crippen LogP contribution < -0.4 is 0 Å². The van der Waals surface area contributed by atoms with Crippen LogP contribution in [0.2, 0.25) is 0 Å². The summed E-state index contributed by atoms with van der Waals surface area (Å²) in [6.07, 6.45) is 6.27. The average molecular weight is 975 g/mol. The average Bonchev–Trinajstić information content (AvgIpc) is 3.43. The number of benzene rings is 1. The highest BCUT2D eigenvalue weighted by Crippen LogP contribution is 2.59. The number of esters is 4. The lowest BCUT2D eigenvalue weighted by Crippen LogP contribution is -2.80. The Morgan fingerprint density at radius 1 is 0.754 bits per heavy atom. The lowest BCUT2D eigenvalue weighted by Gasteiger charge is -2.53. The molecule has 2 unspecified atom stereocenters. The number of carbonyl (C=O) groups excluding carboxylic acids is 4. The van der Waals surface area contributed by atoms with Crippen molar-refractivity contribution in [1.82, 2.24) is 0 Å². The minimum atomic E-state index is -2.90. The van der Waals surface area contributed by atoms with Crippen LogP contribution in [-0.2, 0) is 68.2 Å². The predicted octanol–water partition coefficient (Wildman–Crippen LogP) is 10.6. The molecule has 2 aliphatic heterocycles. The lowest BCUT2D eigenvalue weighted by molar-refractivity contribution is -0.392. The molecule has 14 nitrogen and oxygen atoms in total. The molecule has 3 rings (SSSR count). The number of fused-ring (bicyclic) bond motifs is 2. The maximum absolute atomic E-state index is 15.5. The number of rotatable bonds is 28. The van der Waals surface area contributed by atoms with Crippen molar-refractivity contribution >= 4 is 23.9 Å². The van der Waals surface area contributed by atoms with Crippen LogP contribution in [0, 0.1) is 5.92 Å². The molecule has 2 fully saturated rings. The first-order chi connectivity index (χ1) is 32.0. The number of unbranched alkanes of at least 4 members (excludes halogenated alkanes) is 11. The van der Waals surface area contributed by atoms with Crippen LogP contribution in [0.1, 0.15) is 192 Å². The zero-order chi connectivity index (χ0) is 52.1. The summed E-state index contributed by atoms with van der Waals surface area (Å²) in [5.74, 6) is -8.04. The normalized spacial score (nSPS) is 24.8. The standard InChI is InChI=1S/C55H90O14/c1-17-18-19-20-21-22-23-24-25-26-27-31-36-62-55(48(60)68-51(11,12)13)45(46(58)66-49(5,6)7)65-53(35-34-38(2)42(63-40(4)56)39(3)37-41-32-29-28-30-33-41)44(64-52(14,15)61-16)43(57)54(55,69-53)47(59)67-50(8,9)10/h28-30,32-33,39,42-45,57H,2,17-27,31,34-37H2,1,3-16H3/t39?,42?,43-,44-,45-,53-,54-,55-/m1/s1. The Kier molecular flexibility index (Phi) is 22.0. The molecule has 1 aromatic rings. The van der Waals surface area contributed by atoms with Gasteiger partial charge in [0.05, 0.1) is 0 Å². The molecule has 2 heterocycles. The van der Waals surface area contributed by atoms with Crippen molar-refractivity contribution < 1.29 is 66.9 Å². The van der Waals surface area contributed by atoms with Gasteiger partial charge in [0.1, 0.15) is 35.1 Å². The van der Waals surface area contributed by atoms with E-state index in [1.165, 1.54) is 52.6 Å². The van der Waals surface area contributed by atoms with Crippen LogP contribution in [0.4, 0.5) is 0 Å². The number of ether oxygens (including phenoxy) is 9. The van der Waals surface area contributed by atoms with E-state index in [1.54, 1.807) is 76.2 Å². The lowest BCUT2D eigenvalue weighted by atomic mass is 9.73. The third kappa shape index (κ3) is 16.6. The van der Waals surface area contributed by atoms with Crippen LogP contribution in [0.25, 0.3) is 0 Å². The Morgan fingerprint density at radius 3 is 1.75 bits per heavy atom. The zero-order valence-electron chi connectivity index (χ0n) is 45.0. The molecule has 1 N–H and O–H groups in total. The van der Waals surface area contributed by atoms with Crippen molar-refractivity contribution in [3.05, 3.63) is 48.0 Å². The second kappa shape index (κ2) is 25.3. The van der Waals surface area contributed by atoms with E-state index in [1.807, 2.05) is 37.3 Å². The molecule has 2 saturated heterocycles. The molecule has 0 saturated carbocycles. The van der Waals surface area contributed by atoms with Gasteiger partial charge in [-0.05, 0) is 107 Å². The Bertz CT molecular complexity index is 1810. The SMILES string of the molecule is C=C(CC[C@@]12O[C@H](C(=O)OC(C)(C)C)[C@@](OCCCCCCCCCCCCCC)(C(=O)OC(C)(C)C)[C@@](C(=O)OC(C)(C)C)(O1)[C@H](O)[C@H]2OC(C)(C)OC)C(OC(C)=O)C(C)Cc1ccccc1. The molecule has 0 aliphatic carbocycles. The van der Waals surface area contributed by atoms with Crippen LogP contribution in [0.15, 0.2) is 42.5 Å². The first kappa shape index (κ1) is 59.9. The van der Waals surface area contributed by atoms with Crippen LogP contribution >= 0.6 is 0 Å². The molecule has 0 radical (unpaired) electrons. The second-order valence-corrected chi connectivity index (χ2v) is 22.6. The molecular weight excluding hydrogens is 885 g/mol. The summed E-state index contributed by atoms with van der Waals surface area (Å²) >= 11 is 0. The second-order valence-electron chi connectivity index (χ2n) is 22.6. The summed E-state index contributed by atoms with van der Waals surface area (Å²) in [7, 11) is 1.40. The third-order valence-corrected chi connectivity index (χ3v) is 12.4. The van der Waals surface area contributed by atoms with E-state index >= 15 is 14.4 Å². The molecule has 0 aromatic heterocycles. The molecule has 2 aliphatic rings. The quantitative estimate of drug-likeness (QED) is 0.0276. The number of aliphatic hydroxyl groups is 1. The molecule has 394 valence electrons. The number of carbonyl (C=O) groups is 4. The minimum Gasteiger partial charge on any atom is -0.458 e. The van der Waals surface area contributed by atoms with Gasteiger partial charge in [0, 0.05) is 33.0 Å². The van der Waals surface area contributed by atoms with Gasteiger partial charge in [-0.2, -0.15) is 0 Å². The van der Waals surface area contributed by atoms with Gasteiger partial charge in [0.25, 0.3) is 0 Å². The predicted molar refractivity (Wildman–Crippen MR) is 264 cm³/mol. The Balaban J connectivity index is 2.25. The van der Waals surface area contributed by atoms with Crippen molar-refractivity contribution in [2.24, 2.45) is 5.92 Å². The summed E-state index contributed by atoms with van der Waals surface area (Å²) in [5, 5.41) is 13.1. The van der Waals surface area contributed by atoms with E-state index < -0.39 is 87.9 Å². The number of aliphatic hydroxyl groups excluding tert-OH is 1. The summed E-state index contributed by atoms with van der Waals surface area (Å²) < 4.78 is 57.1. The van der Waals surface area contributed by atoms with Crippen LogP contribution in [0.3, 0.4) is 0 Å². The van der Waals surface area contributed by atoms with Gasteiger partial charge >= 0.3 is 23.9 Å². The Hall–Kier alpha value is -3.40. The number of hydrogen-bond donors (Lipinski definition) is 1. The van der Waals surface area contributed by atoms with E-state index in [4.69, 9.17) is 42.6 Å². The van der Waals surface area contributed by atoms with E-state index in [2.05, 4.69) is 13.5 Å². The van der Waals surface area contributed by atoms with Crippen molar-refractivity contribution in [3.8, 4) is 0 Å². The summed E-state index contributed by atoms with van der Waals surface area (Å²) in [4.78, 5) is 58.6. The van der Waals surface area contributed by atoms with Crippen molar-refractivity contribution in [3.63, 3.8) is 0 Å². The summed E-state index contributed by atoms with van der Waals surface area (Å²) in [5.41, 5.74) is -7.91. The first-order valence-corrected chi connectivity index (χ1v) is 25.5. The number of hydrogen-bond acceptors (Lipinski definition) is 14. The van der Waals surface area contributed by atoms with Gasteiger partial charge in [-0.15, -0.1) is 0 Å². The topological polar surface area (TPSA) is 172 Å². The van der Waals surface area contributed by atoms with E-state index in [0.29, 0.717) is 24.8 Å². The maximum atomic E-state index is 15.5. The number of methoxy groups -OCH3 is 1. The monoisotopic (exact) mass is 975 g/mol. The smallest absolute Gasteiger partial charge is 0.346 e. The van der Waals surface area contributed by atoms with E-state index in [9.17, 15) is 9.90 Å². The van der Waals surface area contributed by atoms with Gasteiger partial charge in [-0.25, -0.2) is 14.4 Å². The van der Waals surface area contributed by atoms with Gasteiger partial charge in [0.15, 0.2) is 5.79 Å². The molecule has 1 aromatic carbocycles. The fourth-order valence-electron chi connectivity index (χ4n) is 9.09. The summed E-state index contributed by atoms with van der Waals surface area (Å²) in [6.45, 7) is 27.6.